The summed E-state index contributed by atoms with van der Waals surface area (Å²) < 4.78 is 21.0. The number of ether oxygens (including phenoxy) is 4. The summed E-state index contributed by atoms with van der Waals surface area (Å²) in [6.07, 6.45) is 2.17. The second-order valence-electron chi connectivity index (χ2n) is 7.59. The molecule has 0 aliphatic heterocycles. The Morgan fingerprint density at radius 2 is 1.22 bits per heavy atom. The van der Waals surface area contributed by atoms with Crippen molar-refractivity contribution in [1.82, 2.24) is 0 Å². The molecular formula is C29H22O7. The van der Waals surface area contributed by atoms with Crippen LogP contribution >= 0.6 is 0 Å². The van der Waals surface area contributed by atoms with Gasteiger partial charge >= 0.3 is 17.9 Å². The molecule has 36 heavy (non-hydrogen) atoms. The zero-order valence-electron chi connectivity index (χ0n) is 19.3. The summed E-state index contributed by atoms with van der Waals surface area (Å²) in [5.41, 5.74) is 0.401. The minimum atomic E-state index is -0.571. The maximum absolute atomic E-state index is 12.7. The molecule has 0 heterocycles. The fourth-order valence-corrected chi connectivity index (χ4v) is 3.53. The highest BCUT2D eigenvalue weighted by Gasteiger charge is 2.11. The Morgan fingerprint density at radius 3 is 1.89 bits per heavy atom. The minimum Gasteiger partial charge on any atom is -0.490 e. The summed E-state index contributed by atoms with van der Waals surface area (Å²) in [4.78, 5) is 35.0. The molecule has 0 N–H and O–H groups in total. The Labute approximate surface area is 207 Å². The average Bonchev–Trinajstić information content (AvgIpc) is 2.91. The molecule has 0 fully saturated rings. The zero-order chi connectivity index (χ0) is 25.5. The van der Waals surface area contributed by atoms with Crippen LogP contribution < -0.4 is 14.2 Å². The predicted octanol–water partition coefficient (Wildman–Crippen LogP) is 5.41. The van der Waals surface area contributed by atoms with Gasteiger partial charge in [-0.3, -0.25) is 0 Å². The van der Waals surface area contributed by atoms with Crippen molar-refractivity contribution in [2.45, 2.75) is 0 Å². The van der Waals surface area contributed by atoms with Gasteiger partial charge in [0.05, 0.1) is 5.56 Å². The van der Waals surface area contributed by atoms with E-state index in [1.165, 1.54) is 12.1 Å². The lowest BCUT2D eigenvalue weighted by Gasteiger charge is -2.10. The summed E-state index contributed by atoms with van der Waals surface area (Å²) in [6.45, 7) is 7.05. The minimum absolute atomic E-state index is 0.131. The van der Waals surface area contributed by atoms with Crippen molar-refractivity contribution in [3.05, 3.63) is 104 Å². The van der Waals surface area contributed by atoms with Crippen LogP contribution in [0.5, 0.6) is 17.2 Å². The first-order valence-electron chi connectivity index (χ1n) is 11.0. The largest absolute Gasteiger partial charge is 0.490 e. The van der Waals surface area contributed by atoms with E-state index in [4.69, 9.17) is 18.9 Å². The van der Waals surface area contributed by atoms with E-state index in [0.29, 0.717) is 22.8 Å². The first-order valence-corrected chi connectivity index (χ1v) is 11.0. The van der Waals surface area contributed by atoms with Crippen molar-refractivity contribution >= 4 is 39.5 Å². The highest BCUT2D eigenvalue weighted by molar-refractivity contribution is 6.09. The summed E-state index contributed by atoms with van der Waals surface area (Å²) in [5.74, 6) is -0.267. The summed E-state index contributed by atoms with van der Waals surface area (Å²) >= 11 is 0. The fourth-order valence-electron chi connectivity index (χ4n) is 3.53. The van der Waals surface area contributed by atoms with Crippen molar-refractivity contribution < 1.29 is 33.3 Å². The molecule has 0 amide bonds. The van der Waals surface area contributed by atoms with Crippen molar-refractivity contribution in [3.8, 4) is 17.2 Å². The van der Waals surface area contributed by atoms with Gasteiger partial charge in [-0.2, -0.15) is 0 Å². The van der Waals surface area contributed by atoms with Crippen LogP contribution in [0.3, 0.4) is 0 Å². The van der Waals surface area contributed by atoms with Crippen molar-refractivity contribution in [1.29, 1.82) is 0 Å². The van der Waals surface area contributed by atoms with Gasteiger partial charge < -0.3 is 18.9 Å². The smallest absolute Gasteiger partial charge is 0.343 e. The SMILES string of the molecule is C=CC(=O)OCCOc1ccc2c(ccc3cc(C(=O)Oc4ccc(OC(=O)C=C)cc4)ccc32)c1. The number of hydrogen-bond donors (Lipinski definition) is 0. The third-order valence-electron chi connectivity index (χ3n) is 5.23. The standard InChI is InChI=1S/C29H22O7/c1-3-27(30)34-16-15-33-24-12-14-26-20(18-24)6-5-19-17-21(7-13-25(19)26)29(32)36-23-10-8-22(9-11-23)35-28(31)4-2/h3-14,17-18H,1-2,15-16H2. The quantitative estimate of drug-likeness (QED) is 0.104. The topological polar surface area (TPSA) is 88.1 Å². The summed E-state index contributed by atoms with van der Waals surface area (Å²) in [7, 11) is 0. The Hall–Kier alpha value is -4.91. The lowest BCUT2D eigenvalue weighted by atomic mass is 10.00. The molecule has 0 aliphatic carbocycles. The first-order chi connectivity index (χ1) is 17.5. The van der Waals surface area contributed by atoms with Crippen molar-refractivity contribution in [2.24, 2.45) is 0 Å². The molecule has 0 aliphatic rings. The lowest BCUT2D eigenvalue weighted by molar-refractivity contribution is -0.138. The Bertz CT molecular complexity index is 1470. The van der Waals surface area contributed by atoms with Crippen LogP contribution in [0.1, 0.15) is 10.4 Å². The maximum atomic E-state index is 12.7. The number of fused-ring (bicyclic) bond motifs is 3. The molecule has 4 rings (SSSR count). The number of benzene rings is 4. The number of hydrogen-bond acceptors (Lipinski definition) is 7. The average molecular weight is 482 g/mol. The van der Waals surface area contributed by atoms with E-state index in [2.05, 4.69) is 13.2 Å². The van der Waals surface area contributed by atoms with Gasteiger partial charge in [0, 0.05) is 12.2 Å². The van der Waals surface area contributed by atoms with E-state index < -0.39 is 17.9 Å². The van der Waals surface area contributed by atoms with E-state index in [-0.39, 0.29) is 13.2 Å². The molecule has 7 nitrogen and oxygen atoms in total. The van der Waals surface area contributed by atoms with Crippen LogP contribution in [0.4, 0.5) is 0 Å². The molecule has 0 aromatic heterocycles. The van der Waals surface area contributed by atoms with E-state index >= 15 is 0 Å². The van der Waals surface area contributed by atoms with Gasteiger partial charge in [-0.15, -0.1) is 0 Å². The second-order valence-corrected chi connectivity index (χ2v) is 7.59. The zero-order valence-corrected chi connectivity index (χ0v) is 19.3. The van der Waals surface area contributed by atoms with Crippen LogP contribution in [0, 0.1) is 0 Å². The molecule has 0 bridgehead atoms. The normalized spacial score (nSPS) is 10.4. The van der Waals surface area contributed by atoms with Gasteiger partial charge in [-0.05, 0) is 70.1 Å². The molecule has 180 valence electrons. The van der Waals surface area contributed by atoms with Gasteiger partial charge in [0.25, 0.3) is 0 Å². The van der Waals surface area contributed by atoms with Crippen molar-refractivity contribution in [2.75, 3.05) is 13.2 Å². The lowest BCUT2D eigenvalue weighted by Crippen LogP contribution is -2.10. The molecule has 7 heteroatoms. The van der Waals surface area contributed by atoms with Gasteiger partial charge in [0.2, 0.25) is 0 Å². The molecule has 0 radical (unpaired) electrons. The van der Waals surface area contributed by atoms with Gasteiger partial charge in [0.15, 0.2) is 0 Å². The third kappa shape index (κ3) is 5.77. The fraction of sp³-hybridized carbons (Fsp3) is 0.0690. The number of carbonyl (C=O) groups excluding carboxylic acids is 3. The molecule has 4 aromatic rings. The Kier molecular flexibility index (Phi) is 7.41. The summed E-state index contributed by atoms with van der Waals surface area (Å²) in [6, 6.07) is 21.1. The highest BCUT2D eigenvalue weighted by Crippen LogP contribution is 2.29. The Balaban J connectivity index is 1.45. The Morgan fingerprint density at radius 1 is 0.639 bits per heavy atom. The van der Waals surface area contributed by atoms with E-state index in [0.717, 1.165) is 33.7 Å². The van der Waals surface area contributed by atoms with Crippen LogP contribution in [0.25, 0.3) is 21.5 Å². The molecule has 4 aromatic carbocycles. The maximum Gasteiger partial charge on any atom is 0.343 e. The molecule has 0 atom stereocenters. The second kappa shape index (κ2) is 11.0. The third-order valence-corrected chi connectivity index (χ3v) is 5.23. The number of rotatable bonds is 9. The summed E-state index contributed by atoms with van der Waals surface area (Å²) in [5, 5.41) is 3.83. The van der Waals surface area contributed by atoms with E-state index in [1.54, 1.807) is 24.3 Å². The number of carbonyl (C=O) groups is 3. The van der Waals surface area contributed by atoms with Crippen LogP contribution in [-0.2, 0) is 14.3 Å². The monoisotopic (exact) mass is 482 g/mol. The van der Waals surface area contributed by atoms with Crippen LogP contribution in [-0.4, -0.2) is 31.1 Å². The molecular weight excluding hydrogens is 460 g/mol. The van der Waals surface area contributed by atoms with Gasteiger partial charge in [0.1, 0.15) is 30.5 Å². The number of esters is 3. The van der Waals surface area contributed by atoms with Gasteiger partial charge in [-0.1, -0.05) is 37.4 Å². The van der Waals surface area contributed by atoms with Crippen LogP contribution in [0.15, 0.2) is 98.1 Å². The van der Waals surface area contributed by atoms with E-state index in [1.807, 2.05) is 36.4 Å². The molecule has 0 saturated heterocycles. The highest BCUT2D eigenvalue weighted by atomic mass is 16.6. The van der Waals surface area contributed by atoms with Crippen LogP contribution in [0.2, 0.25) is 0 Å². The first kappa shape index (κ1) is 24.2. The predicted molar refractivity (Wildman–Crippen MR) is 135 cm³/mol. The molecule has 0 unspecified atom stereocenters. The molecule has 0 saturated carbocycles. The van der Waals surface area contributed by atoms with E-state index in [9.17, 15) is 14.4 Å². The van der Waals surface area contributed by atoms with Gasteiger partial charge in [-0.25, -0.2) is 14.4 Å². The molecule has 0 spiro atoms. The van der Waals surface area contributed by atoms with Crippen molar-refractivity contribution in [3.63, 3.8) is 0 Å².